The number of phenolic OH excluding ortho intramolecular Hbond substituents is 4. The smallest absolute Gasteiger partial charge is 0.348 e. The van der Waals surface area contributed by atoms with Crippen molar-refractivity contribution >= 4 is 18.0 Å². The van der Waals surface area contributed by atoms with E-state index in [2.05, 4.69) is 0 Å². The van der Waals surface area contributed by atoms with Crippen molar-refractivity contribution in [1.82, 2.24) is 0 Å². The van der Waals surface area contributed by atoms with Crippen molar-refractivity contribution in [2.45, 2.75) is 31.8 Å². The topological polar surface area (TPSA) is 165 Å². The molecule has 0 spiro atoms. The predicted molar refractivity (Wildman–Crippen MR) is 110 cm³/mol. The van der Waals surface area contributed by atoms with Crippen molar-refractivity contribution in [2.24, 2.45) is 0 Å². The predicted octanol–water partition coefficient (Wildman–Crippen LogP) is 2.08. The molecule has 166 valence electrons. The van der Waals surface area contributed by atoms with Gasteiger partial charge >= 0.3 is 11.9 Å². The number of carbonyl (C=O) groups is 2. The quantitative estimate of drug-likeness (QED) is 0.198. The Labute approximate surface area is 178 Å². The number of esters is 1. The summed E-state index contributed by atoms with van der Waals surface area (Å²) in [5.74, 6) is -3.93. The number of rotatable bonds is 9. The van der Waals surface area contributed by atoms with E-state index >= 15 is 0 Å². The number of carbonyl (C=O) groups excluding carboxylic acids is 1. The summed E-state index contributed by atoms with van der Waals surface area (Å²) in [4.78, 5) is 24.3. The van der Waals surface area contributed by atoms with Crippen molar-refractivity contribution in [3.63, 3.8) is 0 Å². The van der Waals surface area contributed by atoms with Gasteiger partial charge in [-0.15, -0.1) is 0 Å². The van der Waals surface area contributed by atoms with Crippen molar-refractivity contribution in [1.29, 1.82) is 0 Å². The number of aromatic hydroxyl groups is 4. The first-order valence-corrected chi connectivity index (χ1v) is 9.43. The van der Waals surface area contributed by atoms with E-state index in [1.807, 2.05) is 0 Å². The van der Waals surface area contributed by atoms with Crippen LogP contribution in [-0.2, 0) is 27.2 Å². The fourth-order valence-corrected chi connectivity index (χ4v) is 3.02. The normalized spacial score (nSPS) is 13.1. The maximum Gasteiger partial charge on any atom is 0.348 e. The van der Waals surface area contributed by atoms with E-state index in [0.29, 0.717) is 11.1 Å². The summed E-state index contributed by atoms with van der Waals surface area (Å²) in [6, 6.07) is 6.49. The molecule has 0 aliphatic rings. The summed E-state index contributed by atoms with van der Waals surface area (Å²) >= 11 is 0. The summed E-state index contributed by atoms with van der Waals surface area (Å²) in [5.41, 5.74) is -1.05. The van der Waals surface area contributed by atoms with Crippen molar-refractivity contribution in [2.75, 3.05) is 6.61 Å². The lowest BCUT2D eigenvalue weighted by molar-refractivity contribution is -0.175. The SMILES string of the molecule is CC[C@](Cc1cc(O)c(O)c(CCO)c1)(OC(=O)/C=C/c1ccc(O)c(O)c1)C(=O)O. The number of phenols is 4. The third-order valence-corrected chi connectivity index (χ3v) is 4.77. The molecule has 2 aromatic carbocycles. The van der Waals surface area contributed by atoms with Crippen LogP contribution in [0.2, 0.25) is 0 Å². The first-order valence-electron chi connectivity index (χ1n) is 9.43. The number of aliphatic hydroxyl groups is 1. The van der Waals surface area contributed by atoms with E-state index in [1.165, 1.54) is 43.3 Å². The monoisotopic (exact) mass is 432 g/mol. The molecule has 2 rings (SSSR count). The van der Waals surface area contributed by atoms with E-state index < -0.39 is 29.0 Å². The minimum Gasteiger partial charge on any atom is -0.504 e. The van der Waals surface area contributed by atoms with E-state index in [-0.39, 0.29) is 42.9 Å². The minimum absolute atomic E-state index is 0.0431. The molecular formula is C22H24O9. The molecule has 0 heterocycles. The van der Waals surface area contributed by atoms with Gasteiger partial charge in [-0.2, -0.15) is 0 Å². The van der Waals surface area contributed by atoms with Gasteiger partial charge in [0.05, 0.1) is 0 Å². The molecule has 9 heteroatoms. The van der Waals surface area contributed by atoms with Gasteiger partial charge in [0.1, 0.15) is 0 Å². The Morgan fingerprint density at radius 3 is 2.32 bits per heavy atom. The maximum absolute atomic E-state index is 12.3. The zero-order valence-corrected chi connectivity index (χ0v) is 16.8. The van der Waals surface area contributed by atoms with Crippen LogP contribution in [0.4, 0.5) is 0 Å². The van der Waals surface area contributed by atoms with Crippen LogP contribution in [-0.4, -0.2) is 54.8 Å². The van der Waals surface area contributed by atoms with Gasteiger partial charge in [0.15, 0.2) is 23.0 Å². The standard InChI is InChI=1S/C22H24O9/c1-2-22(21(29)30,12-14-9-15(7-8-23)20(28)18(26)11-14)31-19(27)6-4-13-3-5-16(24)17(25)10-13/h3-6,9-11,23-26,28H,2,7-8,12H2,1H3,(H,29,30)/b6-4+/t22-/m1/s1. The van der Waals surface area contributed by atoms with Gasteiger partial charge < -0.3 is 35.4 Å². The summed E-state index contributed by atoms with van der Waals surface area (Å²) in [5, 5.41) is 57.5. The fraction of sp³-hybridized carbons (Fsp3) is 0.273. The molecular weight excluding hydrogens is 408 g/mol. The Balaban J connectivity index is 2.28. The van der Waals surface area contributed by atoms with Gasteiger partial charge in [-0.3, -0.25) is 0 Å². The molecule has 1 atom stereocenters. The van der Waals surface area contributed by atoms with Gasteiger partial charge in [-0.25, -0.2) is 9.59 Å². The zero-order chi connectivity index (χ0) is 23.2. The van der Waals surface area contributed by atoms with E-state index in [9.17, 15) is 35.1 Å². The summed E-state index contributed by atoms with van der Waals surface area (Å²) in [6.45, 7) is 1.24. The second-order valence-corrected chi connectivity index (χ2v) is 6.93. The Bertz CT molecular complexity index is 997. The maximum atomic E-state index is 12.3. The lowest BCUT2D eigenvalue weighted by Gasteiger charge is -2.28. The molecule has 0 saturated heterocycles. The van der Waals surface area contributed by atoms with E-state index in [0.717, 1.165) is 6.08 Å². The number of hydrogen-bond donors (Lipinski definition) is 6. The van der Waals surface area contributed by atoms with Crippen molar-refractivity contribution < 1.29 is 45.0 Å². The molecule has 0 aliphatic carbocycles. The summed E-state index contributed by atoms with van der Waals surface area (Å²) in [6.07, 6.45) is 1.95. The molecule has 6 N–H and O–H groups in total. The Hall–Kier alpha value is -3.72. The van der Waals surface area contributed by atoms with Gasteiger partial charge in [0.25, 0.3) is 0 Å². The minimum atomic E-state index is -1.95. The molecule has 0 amide bonds. The Morgan fingerprint density at radius 2 is 1.74 bits per heavy atom. The molecule has 0 unspecified atom stereocenters. The highest BCUT2D eigenvalue weighted by Crippen LogP contribution is 2.33. The molecule has 0 saturated carbocycles. The second-order valence-electron chi connectivity index (χ2n) is 6.93. The van der Waals surface area contributed by atoms with Gasteiger partial charge in [-0.05, 0) is 48.2 Å². The zero-order valence-electron chi connectivity index (χ0n) is 16.8. The average molecular weight is 432 g/mol. The first kappa shape index (κ1) is 23.6. The van der Waals surface area contributed by atoms with Crippen LogP contribution in [0.1, 0.15) is 30.0 Å². The highest BCUT2D eigenvalue weighted by Gasteiger charge is 2.41. The molecule has 0 radical (unpaired) electrons. The van der Waals surface area contributed by atoms with Crippen LogP contribution in [0.3, 0.4) is 0 Å². The molecule has 0 aromatic heterocycles. The molecule has 0 fully saturated rings. The van der Waals surface area contributed by atoms with E-state index in [4.69, 9.17) is 9.84 Å². The lowest BCUT2D eigenvalue weighted by Crippen LogP contribution is -2.44. The number of carboxylic acids is 1. The highest BCUT2D eigenvalue weighted by atomic mass is 16.6. The number of aliphatic carboxylic acids is 1. The summed E-state index contributed by atoms with van der Waals surface area (Å²) in [7, 11) is 0. The van der Waals surface area contributed by atoms with Gasteiger partial charge in [-0.1, -0.05) is 19.1 Å². The number of carboxylic acid groups (broad SMARTS) is 1. The Morgan fingerprint density at radius 1 is 1.03 bits per heavy atom. The molecule has 9 nitrogen and oxygen atoms in total. The number of benzene rings is 2. The van der Waals surface area contributed by atoms with Crippen molar-refractivity contribution in [3.8, 4) is 23.0 Å². The number of aliphatic hydroxyl groups excluding tert-OH is 1. The van der Waals surface area contributed by atoms with Crippen LogP contribution in [0.15, 0.2) is 36.4 Å². The van der Waals surface area contributed by atoms with Crippen LogP contribution in [0.5, 0.6) is 23.0 Å². The molecule has 0 bridgehead atoms. The number of ether oxygens (including phenoxy) is 1. The summed E-state index contributed by atoms with van der Waals surface area (Å²) < 4.78 is 5.27. The fourth-order valence-electron chi connectivity index (χ4n) is 3.02. The van der Waals surface area contributed by atoms with Crippen LogP contribution < -0.4 is 0 Å². The Kier molecular flexibility index (Phi) is 7.49. The van der Waals surface area contributed by atoms with Gasteiger partial charge in [0, 0.05) is 24.7 Å². The first-order chi connectivity index (χ1) is 14.6. The second kappa shape index (κ2) is 9.86. The van der Waals surface area contributed by atoms with Crippen molar-refractivity contribution in [3.05, 3.63) is 53.1 Å². The van der Waals surface area contributed by atoms with Crippen LogP contribution in [0.25, 0.3) is 6.08 Å². The lowest BCUT2D eigenvalue weighted by atomic mass is 9.90. The van der Waals surface area contributed by atoms with Crippen LogP contribution >= 0.6 is 0 Å². The number of hydrogen-bond acceptors (Lipinski definition) is 8. The largest absolute Gasteiger partial charge is 0.504 e. The third kappa shape index (κ3) is 5.67. The third-order valence-electron chi connectivity index (χ3n) is 4.77. The molecule has 31 heavy (non-hydrogen) atoms. The molecule has 2 aromatic rings. The van der Waals surface area contributed by atoms with E-state index in [1.54, 1.807) is 0 Å². The molecule has 0 aliphatic heterocycles. The average Bonchev–Trinajstić information content (AvgIpc) is 2.72. The highest BCUT2D eigenvalue weighted by molar-refractivity contribution is 5.90. The van der Waals surface area contributed by atoms with Gasteiger partial charge in [0.2, 0.25) is 5.60 Å². The van der Waals surface area contributed by atoms with Crippen LogP contribution in [0, 0.1) is 0 Å².